The molecule has 0 saturated carbocycles. The van der Waals surface area contributed by atoms with Crippen molar-refractivity contribution in [3.8, 4) is 0 Å². The molecule has 96 valence electrons. The molecule has 2 amide bonds. The fraction of sp³-hybridized carbons (Fsp3) is 0.250. The van der Waals surface area contributed by atoms with E-state index in [9.17, 15) is 14.4 Å². The van der Waals surface area contributed by atoms with Crippen molar-refractivity contribution in [3.05, 3.63) is 29.8 Å². The number of thioether (sulfide) groups is 1. The Kier molecular flexibility index (Phi) is 5.38. The molecule has 3 N–H and O–H groups in total. The molecule has 0 unspecified atom stereocenters. The number of hydrogen-bond acceptors (Lipinski definition) is 4. The minimum atomic E-state index is -0.471. The molecule has 0 spiro atoms. The third kappa shape index (κ3) is 4.58. The van der Waals surface area contributed by atoms with E-state index in [1.54, 1.807) is 24.3 Å². The summed E-state index contributed by atoms with van der Waals surface area (Å²) in [5.41, 5.74) is 5.39. The SMILES string of the molecule is CC(=O)Sc1ccccc1C(=O)NCCC(N)=O. The second-order valence-electron chi connectivity index (χ2n) is 3.56. The summed E-state index contributed by atoms with van der Waals surface area (Å²) in [6.07, 6.45) is 0.0910. The highest BCUT2D eigenvalue weighted by Crippen LogP contribution is 2.22. The van der Waals surface area contributed by atoms with Gasteiger partial charge in [-0.1, -0.05) is 23.9 Å². The molecule has 5 nitrogen and oxygen atoms in total. The summed E-state index contributed by atoms with van der Waals surface area (Å²) in [4.78, 5) is 34.1. The summed E-state index contributed by atoms with van der Waals surface area (Å²) in [5.74, 6) is -0.790. The Balaban J connectivity index is 2.72. The molecule has 18 heavy (non-hydrogen) atoms. The van der Waals surface area contributed by atoms with Crippen LogP contribution < -0.4 is 11.1 Å². The van der Waals surface area contributed by atoms with Crippen molar-refractivity contribution in [1.82, 2.24) is 5.32 Å². The summed E-state index contributed by atoms with van der Waals surface area (Å²) in [6.45, 7) is 1.62. The number of nitrogens with two attached hydrogens (primary N) is 1. The van der Waals surface area contributed by atoms with Crippen LogP contribution in [-0.2, 0) is 9.59 Å². The summed E-state index contributed by atoms with van der Waals surface area (Å²) in [5, 5.41) is 2.49. The van der Waals surface area contributed by atoms with Crippen LogP contribution in [0.5, 0.6) is 0 Å². The van der Waals surface area contributed by atoms with E-state index in [4.69, 9.17) is 5.73 Å². The number of benzene rings is 1. The van der Waals surface area contributed by atoms with E-state index in [1.807, 2.05) is 0 Å². The highest BCUT2D eigenvalue weighted by atomic mass is 32.2. The third-order valence-corrected chi connectivity index (χ3v) is 2.91. The first-order valence-electron chi connectivity index (χ1n) is 5.34. The lowest BCUT2D eigenvalue weighted by molar-refractivity contribution is -0.117. The van der Waals surface area contributed by atoms with Crippen LogP contribution in [0.2, 0.25) is 0 Å². The van der Waals surface area contributed by atoms with E-state index >= 15 is 0 Å². The van der Waals surface area contributed by atoms with Crippen LogP contribution in [0.1, 0.15) is 23.7 Å². The Morgan fingerprint density at radius 3 is 2.56 bits per heavy atom. The van der Waals surface area contributed by atoms with E-state index in [2.05, 4.69) is 5.32 Å². The smallest absolute Gasteiger partial charge is 0.252 e. The molecule has 0 aliphatic carbocycles. The maximum absolute atomic E-state index is 11.8. The molecule has 0 aliphatic rings. The topological polar surface area (TPSA) is 89.3 Å². The first kappa shape index (κ1) is 14.2. The van der Waals surface area contributed by atoms with Gasteiger partial charge in [0, 0.05) is 24.8 Å². The molecule has 0 aliphatic heterocycles. The normalized spacial score (nSPS) is 9.83. The highest BCUT2D eigenvalue weighted by Gasteiger charge is 2.12. The van der Waals surface area contributed by atoms with Gasteiger partial charge in [0.2, 0.25) is 5.91 Å². The molecular weight excluding hydrogens is 252 g/mol. The van der Waals surface area contributed by atoms with Crippen LogP contribution in [0, 0.1) is 0 Å². The number of rotatable bonds is 5. The average molecular weight is 266 g/mol. The van der Waals surface area contributed by atoms with Crippen LogP contribution in [0.15, 0.2) is 29.2 Å². The van der Waals surface area contributed by atoms with Crippen molar-refractivity contribution in [2.45, 2.75) is 18.2 Å². The number of nitrogens with one attached hydrogen (secondary N) is 1. The van der Waals surface area contributed by atoms with Crippen LogP contribution in [-0.4, -0.2) is 23.5 Å². The molecule has 0 fully saturated rings. The molecule has 0 heterocycles. The predicted molar refractivity (Wildman–Crippen MR) is 69.1 cm³/mol. The molecule has 0 radical (unpaired) electrons. The van der Waals surface area contributed by atoms with Crippen LogP contribution in [0.3, 0.4) is 0 Å². The zero-order valence-electron chi connectivity index (χ0n) is 9.93. The standard InChI is InChI=1S/C12H14N2O3S/c1-8(15)18-10-5-3-2-4-9(10)12(17)14-7-6-11(13)16/h2-5H,6-7H2,1H3,(H2,13,16)(H,14,17). The number of primary amides is 1. The maximum Gasteiger partial charge on any atom is 0.252 e. The molecule has 0 atom stereocenters. The predicted octanol–water partition coefficient (Wildman–Crippen LogP) is 0.930. The maximum atomic E-state index is 11.8. The Morgan fingerprint density at radius 2 is 1.94 bits per heavy atom. The summed E-state index contributed by atoms with van der Waals surface area (Å²) in [6, 6.07) is 6.80. The van der Waals surface area contributed by atoms with Crippen molar-refractivity contribution >= 4 is 28.7 Å². The van der Waals surface area contributed by atoms with Gasteiger partial charge in [-0.05, 0) is 12.1 Å². The van der Waals surface area contributed by atoms with Gasteiger partial charge in [-0.15, -0.1) is 0 Å². The van der Waals surface area contributed by atoms with E-state index in [0.717, 1.165) is 11.8 Å². The Labute approximate surface area is 109 Å². The Hall–Kier alpha value is -1.82. The lowest BCUT2D eigenvalue weighted by atomic mass is 10.2. The number of carbonyl (C=O) groups is 3. The molecule has 6 heteroatoms. The quantitative estimate of drug-likeness (QED) is 0.776. The van der Waals surface area contributed by atoms with Crippen molar-refractivity contribution in [2.75, 3.05) is 6.54 Å². The van der Waals surface area contributed by atoms with Gasteiger partial charge < -0.3 is 11.1 Å². The van der Waals surface area contributed by atoms with E-state index in [-0.39, 0.29) is 24.0 Å². The van der Waals surface area contributed by atoms with Gasteiger partial charge >= 0.3 is 0 Å². The lowest BCUT2D eigenvalue weighted by Crippen LogP contribution is -2.28. The van der Waals surface area contributed by atoms with Gasteiger partial charge in [0.1, 0.15) is 0 Å². The molecule has 0 saturated heterocycles. The molecule has 1 aromatic rings. The third-order valence-electron chi connectivity index (χ3n) is 2.04. The molecule has 0 bridgehead atoms. The van der Waals surface area contributed by atoms with Gasteiger partial charge in [-0.2, -0.15) is 0 Å². The minimum absolute atomic E-state index is 0.0904. The van der Waals surface area contributed by atoms with Crippen LogP contribution in [0.25, 0.3) is 0 Å². The van der Waals surface area contributed by atoms with E-state index in [1.165, 1.54) is 6.92 Å². The monoisotopic (exact) mass is 266 g/mol. The van der Waals surface area contributed by atoms with Gasteiger partial charge in [0.05, 0.1) is 5.56 Å². The molecule has 1 aromatic carbocycles. The number of hydrogen-bond donors (Lipinski definition) is 2. The van der Waals surface area contributed by atoms with Gasteiger partial charge in [-0.3, -0.25) is 14.4 Å². The zero-order chi connectivity index (χ0) is 13.5. The fourth-order valence-corrected chi connectivity index (χ4v) is 2.02. The first-order valence-corrected chi connectivity index (χ1v) is 6.16. The Morgan fingerprint density at radius 1 is 1.28 bits per heavy atom. The lowest BCUT2D eigenvalue weighted by Gasteiger charge is -2.07. The molecule has 0 aromatic heterocycles. The summed E-state index contributed by atoms with van der Waals surface area (Å²) >= 11 is 1.00. The minimum Gasteiger partial charge on any atom is -0.370 e. The number of carbonyl (C=O) groups excluding carboxylic acids is 3. The van der Waals surface area contributed by atoms with E-state index in [0.29, 0.717) is 10.5 Å². The first-order chi connectivity index (χ1) is 8.50. The molecule has 1 rings (SSSR count). The van der Waals surface area contributed by atoms with Crippen LogP contribution in [0.4, 0.5) is 0 Å². The Bertz CT molecular complexity index is 474. The second kappa shape index (κ2) is 6.80. The second-order valence-corrected chi connectivity index (χ2v) is 4.78. The number of amides is 2. The summed E-state index contributed by atoms with van der Waals surface area (Å²) in [7, 11) is 0. The highest BCUT2D eigenvalue weighted by molar-refractivity contribution is 8.13. The molecular formula is C12H14N2O3S. The largest absolute Gasteiger partial charge is 0.370 e. The van der Waals surface area contributed by atoms with Gasteiger partial charge in [-0.25, -0.2) is 0 Å². The zero-order valence-corrected chi connectivity index (χ0v) is 10.8. The van der Waals surface area contributed by atoms with Crippen molar-refractivity contribution < 1.29 is 14.4 Å². The van der Waals surface area contributed by atoms with Crippen molar-refractivity contribution in [2.24, 2.45) is 5.73 Å². The van der Waals surface area contributed by atoms with Crippen LogP contribution >= 0.6 is 11.8 Å². The van der Waals surface area contributed by atoms with Crippen molar-refractivity contribution in [3.63, 3.8) is 0 Å². The fourth-order valence-electron chi connectivity index (χ4n) is 1.29. The van der Waals surface area contributed by atoms with Gasteiger partial charge in [0.15, 0.2) is 5.12 Å². The van der Waals surface area contributed by atoms with Crippen molar-refractivity contribution in [1.29, 1.82) is 0 Å². The average Bonchev–Trinajstić information content (AvgIpc) is 2.28. The summed E-state index contributed by atoms with van der Waals surface area (Å²) < 4.78 is 0. The van der Waals surface area contributed by atoms with Gasteiger partial charge in [0.25, 0.3) is 5.91 Å². The van der Waals surface area contributed by atoms with E-state index < -0.39 is 5.91 Å².